The van der Waals surface area contributed by atoms with E-state index in [1.807, 2.05) is 18.2 Å². The molecular weight excluding hydrogens is 244 g/mol. The lowest BCUT2D eigenvalue weighted by Crippen LogP contribution is -2.35. The molecule has 0 saturated carbocycles. The summed E-state index contributed by atoms with van der Waals surface area (Å²) < 4.78 is 0. The smallest absolute Gasteiger partial charge is 0.225 e. The first-order chi connectivity index (χ1) is 8.72. The van der Waals surface area contributed by atoms with E-state index in [0.29, 0.717) is 18.2 Å². The molecular formula is C14H20N2OS. The molecule has 1 N–H and O–H groups in total. The SMILES string of the molecule is CN1C[C@@H](C(=O)NCCS)[C@H](c2ccccc2)C1. The Labute approximate surface area is 114 Å². The Hall–Kier alpha value is -1.00. The third-order valence-corrected chi connectivity index (χ3v) is 3.70. The summed E-state index contributed by atoms with van der Waals surface area (Å²) in [7, 11) is 2.07. The lowest BCUT2D eigenvalue weighted by molar-refractivity contribution is -0.124. The fourth-order valence-electron chi connectivity index (χ4n) is 2.61. The third kappa shape index (κ3) is 3.06. The molecule has 98 valence electrons. The molecule has 1 aliphatic rings. The third-order valence-electron chi connectivity index (χ3n) is 3.48. The Morgan fingerprint density at radius 2 is 2.11 bits per heavy atom. The Bertz CT molecular complexity index is 396. The minimum atomic E-state index is 0.0530. The number of carbonyl (C=O) groups is 1. The molecule has 0 aromatic heterocycles. The van der Waals surface area contributed by atoms with Crippen LogP contribution >= 0.6 is 12.6 Å². The predicted molar refractivity (Wildman–Crippen MR) is 77.0 cm³/mol. The number of thiol groups is 1. The van der Waals surface area contributed by atoms with Gasteiger partial charge in [0.05, 0.1) is 5.92 Å². The standard InChI is InChI=1S/C14H20N2OS/c1-16-9-12(11-5-3-2-4-6-11)13(10-16)14(17)15-7-8-18/h2-6,12-13,18H,7-10H2,1H3,(H,15,17)/t12-,13+/m0/s1. The molecule has 18 heavy (non-hydrogen) atoms. The highest BCUT2D eigenvalue weighted by Crippen LogP contribution is 2.31. The molecule has 1 aliphatic heterocycles. The van der Waals surface area contributed by atoms with E-state index in [9.17, 15) is 4.79 Å². The molecule has 1 fully saturated rings. The molecule has 0 unspecified atom stereocenters. The molecule has 1 amide bonds. The predicted octanol–water partition coefficient (Wildman–Crippen LogP) is 1.38. The largest absolute Gasteiger partial charge is 0.355 e. The first kappa shape index (κ1) is 13.4. The topological polar surface area (TPSA) is 32.3 Å². The summed E-state index contributed by atoms with van der Waals surface area (Å²) in [5, 5.41) is 2.95. The van der Waals surface area contributed by atoms with Crippen molar-refractivity contribution in [2.75, 3.05) is 32.4 Å². The average molecular weight is 264 g/mol. The molecule has 2 rings (SSSR count). The van der Waals surface area contributed by atoms with Crippen LogP contribution in [0.1, 0.15) is 11.5 Å². The number of amides is 1. The molecule has 0 bridgehead atoms. The van der Waals surface area contributed by atoms with Gasteiger partial charge in [0, 0.05) is 31.3 Å². The Balaban J connectivity index is 2.10. The first-order valence-electron chi connectivity index (χ1n) is 6.34. The highest BCUT2D eigenvalue weighted by Gasteiger charge is 2.36. The van der Waals surface area contributed by atoms with Crippen molar-refractivity contribution in [2.45, 2.75) is 5.92 Å². The van der Waals surface area contributed by atoms with Crippen molar-refractivity contribution in [3.05, 3.63) is 35.9 Å². The van der Waals surface area contributed by atoms with E-state index in [-0.39, 0.29) is 11.8 Å². The van der Waals surface area contributed by atoms with Crippen molar-refractivity contribution in [3.63, 3.8) is 0 Å². The minimum Gasteiger partial charge on any atom is -0.355 e. The van der Waals surface area contributed by atoms with Gasteiger partial charge in [-0.25, -0.2) is 0 Å². The zero-order valence-electron chi connectivity index (χ0n) is 10.7. The molecule has 1 heterocycles. The summed E-state index contributed by atoms with van der Waals surface area (Å²) in [5.74, 6) is 1.19. The Morgan fingerprint density at radius 1 is 1.39 bits per heavy atom. The molecule has 0 radical (unpaired) electrons. The van der Waals surface area contributed by atoms with Gasteiger partial charge in [0.2, 0.25) is 5.91 Å². The van der Waals surface area contributed by atoms with Gasteiger partial charge in [0.15, 0.2) is 0 Å². The van der Waals surface area contributed by atoms with Crippen LogP contribution in [0.2, 0.25) is 0 Å². The number of likely N-dealkylation sites (N-methyl/N-ethyl adjacent to an activating group) is 1. The van der Waals surface area contributed by atoms with E-state index in [2.05, 4.69) is 42.0 Å². The summed E-state index contributed by atoms with van der Waals surface area (Å²) in [6.45, 7) is 2.42. The maximum Gasteiger partial charge on any atom is 0.225 e. The second-order valence-electron chi connectivity index (χ2n) is 4.86. The number of hydrogen-bond donors (Lipinski definition) is 2. The maximum atomic E-state index is 12.2. The second kappa shape index (κ2) is 6.25. The van der Waals surface area contributed by atoms with Gasteiger partial charge in [-0.3, -0.25) is 4.79 Å². The van der Waals surface area contributed by atoms with E-state index < -0.39 is 0 Å². The van der Waals surface area contributed by atoms with Crippen LogP contribution in [-0.4, -0.2) is 43.2 Å². The van der Waals surface area contributed by atoms with Gasteiger partial charge in [0.1, 0.15) is 0 Å². The molecule has 3 nitrogen and oxygen atoms in total. The van der Waals surface area contributed by atoms with Gasteiger partial charge in [-0.1, -0.05) is 30.3 Å². The van der Waals surface area contributed by atoms with Crippen LogP contribution in [0.15, 0.2) is 30.3 Å². The molecule has 1 aromatic carbocycles. The summed E-state index contributed by atoms with van der Waals surface area (Å²) in [6, 6.07) is 10.3. The van der Waals surface area contributed by atoms with Gasteiger partial charge >= 0.3 is 0 Å². The van der Waals surface area contributed by atoms with Crippen LogP contribution in [-0.2, 0) is 4.79 Å². The Kier molecular flexibility index (Phi) is 4.66. The van der Waals surface area contributed by atoms with Crippen molar-refractivity contribution in [2.24, 2.45) is 5.92 Å². The van der Waals surface area contributed by atoms with Crippen molar-refractivity contribution in [1.82, 2.24) is 10.2 Å². The lowest BCUT2D eigenvalue weighted by Gasteiger charge is -2.18. The highest BCUT2D eigenvalue weighted by molar-refractivity contribution is 7.80. The number of nitrogens with zero attached hydrogens (tertiary/aromatic N) is 1. The molecule has 0 aliphatic carbocycles. The number of rotatable bonds is 4. The van der Waals surface area contributed by atoms with E-state index >= 15 is 0 Å². The first-order valence-corrected chi connectivity index (χ1v) is 6.97. The van der Waals surface area contributed by atoms with Crippen molar-refractivity contribution in [1.29, 1.82) is 0 Å². The van der Waals surface area contributed by atoms with E-state index in [4.69, 9.17) is 0 Å². The normalized spacial score (nSPS) is 24.1. The number of hydrogen-bond acceptors (Lipinski definition) is 3. The van der Waals surface area contributed by atoms with Gasteiger partial charge in [0.25, 0.3) is 0 Å². The fraction of sp³-hybridized carbons (Fsp3) is 0.500. The van der Waals surface area contributed by atoms with Crippen LogP contribution in [0.5, 0.6) is 0 Å². The Morgan fingerprint density at radius 3 is 2.78 bits per heavy atom. The van der Waals surface area contributed by atoms with Crippen LogP contribution < -0.4 is 5.32 Å². The number of likely N-dealkylation sites (tertiary alicyclic amines) is 1. The molecule has 0 spiro atoms. The summed E-state index contributed by atoms with van der Waals surface area (Å²) in [6.07, 6.45) is 0. The summed E-state index contributed by atoms with van der Waals surface area (Å²) in [4.78, 5) is 14.4. The van der Waals surface area contributed by atoms with E-state index in [0.717, 1.165) is 13.1 Å². The van der Waals surface area contributed by atoms with E-state index in [1.54, 1.807) is 0 Å². The lowest BCUT2D eigenvalue weighted by atomic mass is 9.88. The van der Waals surface area contributed by atoms with Crippen LogP contribution in [0.4, 0.5) is 0 Å². The number of nitrogens with one attached hydrogen (secondary N) is 1. The zero-order chi connectivity index (χ0) is 13.0. The van der Waals surface area contributed by atoms with Crippen LogP contribution in [0.3, 0.4) is 0 Å². The highest BCUT2D eigenvalue weighted by atomic mass is 32.1. The zero-order valence-corrected chi connectivity index (χ0v) is 11.6. The van der Waals surface area contributed by atoms with Crippen LogP contribution in [0.25, 0.3) is 0 Å². The van der Waals surface area contributed by atoms with Gasteiger partial charge in [-0.15, -0.1) is 0 Å². The van der Waals surface area contributed by atoms with Crippen molar-refractivity contribution < 1.29 is 4.79 Å². The number of carbonyl (C=O) groups excluding carboxylic acids is 1. The summed E-state index contributed by atoms with van der Waals surface area (Å²) in [5.41, 5.74) is 1.26. The van der Waals surface area contributed by atoms with Crippen molar-refractivity contribution >= 4 is 18.5 Å². The van der Waals surface area contributed by atoms with Gasteiger partial charge in [-0.05, 0) is 12.6 Å². The molecule has 2 atom stereocenters. The van der Waals surface area contributed by atoms with E-state index in [1.165, 1.54) is 5.56 Å². The average Bonchev–Trinajstić information content (AvgIpc) is 2.79. The van der Waals surface area contributed by atoms with Crippen molar-refractivity contribution in [3.8, 4) is 0 Å². The maximum absolute atomic E-state index is 12.2. The second-order valence-corrected chi connectivity index (χ2v) is 5.31. The van der Waals surface area contributed by atoms with Crippen LogP contribution in [0, 0.1) is 5.92 Å². The van der Waals surface area contributed by atoms with Gasteiger partial charge < -0.3 is 10.2 Å². The molecule has 4 heteroatoms. The number of benzene rings is 1. The molecule has 1 aromatic rings. The minimum absolute atomic E-state index is 0.0530. The quantitative estimate of drug-likeness (QED) is 0.805. The summed E-state index contributed by atoms with van der Waals surface area (Å²) >= 11 is 4.12. The molecule has 1 saturated heterocycles. The van der Waals surface area contributed by atoms with Gasteiger partial charge in [-0.2, -0.15) is 12.6 Å². The monoisotopic (exact) mass is 264 g/mol. The fourth-order valence-corrected chi connectivity index (χ4v) is 2.73.